The molecular weight excluding hydrogens is 262 g/mol. The lowest BCUT2D eigenvalue weighted by Gasteiger charge is -2.21. The van der Waals surface area contributed by atoms with Crippen molar-refractivity contribution < 1.29 is 4.74 Å². The van der Waals surface area contributed by atoms with Gasteiger partial charge in [-0.05, 0) is 31.4 Å². The predicted octanol–water partition coefficient (Wildman–Crippen LogP) is 3.99. The number of anilines is 1. The maximum atomic E-state index is 6.13. The fourth-order valence-electron chi connectivity index (χ4n) is 3.43. The quantitative estimate of drug-likeness (QED) is 0.904. The average molecular weight is 287 g/mol. The Morgan fingerprint density at radius 2 is 2.10 bits per heavy atom. The lowest BCUT2D eigenvalue weighted by atomic mass is 9.87. The number of imidazole rings is 1. The number of hydrogen-bond donors (Lipinski definition) is 1. The molecule has 1 saturated carbocycles. The van der Waals surface area contributed by atoms with Crippen molar-refractivity contribution in [1.82, 2.24) is 9.55 Å². The summed E-state index contributed by atoms with van der Waals surface area (Å²) in [6.45, 7) is 3.60. The molecule has 0 unspecified atom stereocenters. The summed E-state index contributed by atoms with van der Waals surface area (Å²) in [4.78, 5) is 4.51. The van der Waals surface area contributed by atoms with Crippen LogP contribution in [0.15, 0.2) is 18.2 Å². The summed E-state index contributed by atoms with van der Waals surface area (Å²) >= 11 is 0. The van der Waals surface area contributed by atoms with Crippen molar-refractivity contribution in [3.05, 3.63) is 18.2 Å². The molecule has 1 fully saturated rings. The van der Waals surface area contributed by atoms with Crippen molar-refractivity contribution in [2.45, 2.75) is 52.0 Å². The highest BCUT2D eigenvalue weighted by Crippen LogP contribution is 2.30. The molecule has 1 heterocycles. The van der Waals surface area contributed by atoms with Crippen LogP contribution in [-0.4, -0.2) is 16.2 Å². The fraction of sp³-hybridized carbons (Fsp3) is 0.588. The lowest BCUT2D eigenvalue weighted by Crippen LogP contribution is -2.11. The summed E-state index contributed by atoms with van der Waals surface area (Å²) in [6.07, 6.45) is 8.13. The van der Waals surface area contributed by atoms with E-state index in [0.29, 0.717) is 12.6 Å². The van der Waals surface area contributed by atoms with Crippen molar-refractivity contribution in [2.24, 2.45) is 5.92 Å². The molecule has 1 aliphatic rings. The molecule has 1 aromatic heterocycles. The zero-order chi connectivity index (χ0) is 14.7. The molecule has 1 aliphatic carbocycles. The molecule has 114 valence electrons. The summed E-state index contributed by atoms with van der Waals surface area (Å²) in [5, 5.41) is 0. The van der Waals surface area contributed by atoms with Gasteiger partial charge >= 0.3 is 0 Å². The molecule has 0 bridgehead atoms. The van der Waals surface area contributed by atoms with Gasteiger partial charge in [-0.2, -0.15) is 0 Å². The number of ether oxygens (including phenoxy) is 1. The van der Waals surface area contributed by atoms with E-state index in [1.54, 1.807) is 0 Å². The Kier molecular flexibility index (Phi) is 4.32. The smallest absolute Gasteiger partial charge is 0.201 e. The zero-order valence-corrected chi connectivity index (χ0v) is 12.8. The van der Waals surface area contributed by atoms with Gasteiger partial charge in [-0.3, -0.25) is 0 Å². The Bertz CT molecular complexity index is 599. The van der Waals surface area contributed by atoms with Gasteiger partial charge in [0.2, 0.25) is 5.95 Å². The van der Waals surface area contributed by atoms with Crippen LogP contribution in [0.2, 0.25) is 0 Å². The van der Waals surface area contributed by atoms with Crippen LogP contribution in [0.5, 0.6) is 5.75 Å². The number of nitrogens with two attached hydrogens (primary N) is 1. The van der Waals surface area contributed by atoms with Gasteiger partial charge in [0.05, 0.1) is 12.1 Å². The van der Waals surface area contributed by atoms with E-state index >= 15 is 0 Å². The first-order chi connectivity index (χ1) is 10.3. The fourth-order valence-corrected chi connectivity index (χ4v) is 3.43. The lowest BCUT2D eigenvalue weighted by molar-refractivity contribution is 0.326. The van der Waals surface area contributed by atoms with E-state index in [-0.39, 0.29) is 0 Å². The minimum absolute atomic E-state index is 0.605. The second-order valence-corrected chi connectivity index (χ2v) is 5.97. The van der Waals surface area contributed by atoms with E-state index in [1.807, 2.05) is 19.1 Å². The molecule has 3 rings (SSSR count). The second kappa shape index (κ2) is 6.37. The third kappa shape index (κ3) is 2.99. The van der Waals surface area contributed by atoms with Crippen LogP contribution in [0, 0.1) is 5.92 Å². The second-order valence-electron chi connectivity index (χ2n) is 5.97. The van der Waals surface area contributed by atoms with Crippen LogP contribution in [0.25, 0.3) is 11.0 Å². The van der Waals surface area contributed by atoms with Gasteiger partial charge in [0.15, 0.2) is 0 Å². The molecule has 0 atom stereocenters. The van der Waals surface area contributed by atoms with Gasteiger partial charge in [-0.25, -0.2) is 4.98 Å². The SMILES string of the molecule is CCOc1cccc2c1nc(N)n2CCC1CCCCC1. The summed E-state index contributed by atoms with van der Waals surface area (Å²) in [6, 6.07) is 6.07. The topological polar surface area (TPSA) is 53.1 Å². The van der Waals surface area contributed by atoms with E-state index in [0.717, 1.165) is 29.2 Å². The number of para-hydroxylation sites is 1. The maximum Gasteiger partial charge on any atom is 0.201 e. The van der Waals surface area contributed by atoms with Gasteiger partial charge in [-0.15, -0.1) is 0 Å². The highest BCUT2D eigenvalue weighted by molar-refractivity contribution is 5.84. The molecule has 1 aromatic carbocycles. The van der Waals surface area contributed by atoms with Gasteiger partial charge < -0.3 is 15.0 Å². The maximum absolute atomic E-state index is 6.13. The number of nitrogens with zero attached hydrogens (tertiary/aromatic N) is 2. The molecule has 0 spiro atoms. The number of fused-ring (bicyclic) bond motifs is 1. The summed E-state index contributed by atoms with van der Waals surface area (Å²) in [5.41, 5.74) is 8.11. The number of nitrogen functional groups attached to an aromatic ring is 1. The molecule has 4 nitrogen and oxygen atoms in total. The number of benzene rings is 1. The van der Waals surface area contributed by atoms with E-state index in [1.165, 1.54) is 38.5 Å². The largest absolute Gasteiger partial charge is 0.492 e. The van der Waals surface area contributed by atoms with E-state index in [9.17, 15) is 0 Å². The molecule has 4 heteroatoms. The van der Waals surface area contributed by atoms with Crippen LogP contribution in [0.1, 0.15) is 45.4 Å². The standard InChI is InChI=1S/C17H25N3O/c1-2-21-15-10-6-9-14-16(15)19-17(18)20(14)12-11-13-7-4-3-5-8-13/h6,9-10,13H,2-5,7-8,11-12H2,1H3,(H2,18,19). The number of aromatic nitrogens is 2. The zero-order valence-electron chi connectivity index (χ0n) is 12.8. The van der Waals surface area contributed by atoms with Crippen LogP contribution in [0.3, 0.4) is 0 Å². The highest BCUT2D eigenvalue weighted by Gasteiger charge is 2.16. The van der Waals surface area contributed by atoms with Gasteiger partial charge in [0.25, 0.3) is 0 Å². The van der Waals surface area contributed by atoms with E-state index in [4.69, 9.17) is 10.5 Å². The molecule has 0 radical (unpaired) electrons. The minimum Gasteiger partial charge on any atom is -0.492 e. The molecule has 2 N–H and O–H groups in total. The Hall–Kier alpha value is -1.71. The van der Waals surface area contributed by atoms with Crippen molar-refractivity contribution >= 4 is 17.0 Å². The molecule has 0 saturated heterocycles. The van der Waals surface area contributed by atoms with Gasteiger partial charge in [0.1, 0.15) is 11.3 Å². The van der Waals surface area contributed by atoms with Crippen LogP contribution in [-0.2, 0) is 6.54 Å². The average Bonchev–Trinajstić information content (AvgIpc) is 2.83. The van der Waals surface area contributed by atoms with Crippen LogP contribution < -0.4 is 10.5 Å². The first-order valence-electron chi connectivity index (χ1n) is 8.17. The third-order valence-electron chi connectivity index (χ3n) is 4.56. The van der Waals surface area contributed by atoms with Gasteiger partial charge in [0, 0.05) is 6.54 Å². The first kappa shape index (κ1) is 14.2. The van der Waals surface area contributed by atoms with Crippen molar-refractivity contribution in [3.8, 4) is 5.75 Å². The Labute approximate surface area is 126 Å². The summed E-state index contributed by atoms with van der Waals surface area (Å²) in [7, 11) is 0. The number of rotatable bonds is 5. The molecule has 0 aliphatic heterocycles. The van der Waals surface area contributed by atoms with Crippen LogP contribution in [0.4, 0.5) is 5.95 Å². The monoisotopic (exact) mass is 287 g/mol. The molecular formula is C17H25N3O. The molecule has 2 aromatic rings. The van der Waals surface area contributed by atoms with Crippen LogP contribution >= 0.6 is 0 Å². The first-order valence-corrected chi connectivity index (χ1v) is 8.17. The number of hydrogen-bond acceptors (Lipinski definition) is 3. The van der Waals surface area contributed by atoms with Crippen molar-refractivity contribution in [1.29, 1.82) is 0 Å². The van der Waals surface area contributed by atoms with E-state index < -0.39 is 0 Å². The molecule has 0 amide bonds. The third-order valence-corrected chi connectivity index (χ3v) is 4.56. The van der Waals surface area contributed by atoms with Gasteiger partial charge in [-0.1, -0.05) is 38.2 Å². The summed E-state index contributed by atoms with van der Waals surface area (Å²) in [5.74, 6) is 2.29. The summed E-state index contributed by atoms with van der Waals surface area (Å²) < 4.78 is 7.80. The predicted molar refractivity (Wildman–Crippen MR) is 86.5 cm³/mol. The van der Waals surface area contributed by atoms with Crippen molar-refractivity contribution in [2.75, 3.05) is 12.3 Å². The van der Waals surface area contributed by atoms with Crippen molar-refractivity contribution in [3.63, 3.8) is 0 Å². The Morgan fingerprint density at radius 3 is 2.86 bits per heavy atom. The minimum atomic E-state index is 0.605. The Balaban J connectivity index is 1.81. The normalized spacial score (nSPS) is 16.4. The number of aryl methyl sites for hydroxylation is 1. The highest BCUT2D eigenvalue weighted by atomic mass is 16.5. The molecule has 21 heavy (non-hydrogen) atoms. The Morgan fingerprint density at radius 1 is 1.29 bits per heavy atom. The van der Waals surface area contributed by atoms with E-state index in [2.05, 4.69) is 15.6 Å².